The van der Waals surface area contributed by atoms with Crippen LogP contribution in [0.2, 0.25) is 0 Å². The van der Waals surface area contributed by atoms with Crippen LogP contribution in [0.5, 0.6) is 5.88 Å². The van der Waals surface area contributed by atoms with Crippen molar-refractivity contribution in [2.75, 3.05) is 7.11 Å². The molecular formula is C13H12N4O. The molecule has 1 aromatic rings. The van der Waals surface area contributed by atoms with E-state index >= 15 is 0 Å². The van der Waals surface area contributed by atoms with Gasteiger partial charge in [0.1, 0.15) is 6.33 Å². The number of methoxy groups -OCH3 is 1. The smallest absolute Gasteiger partial charge is 0.245 e. The number of ether oxygens (including phenoxy) is 1. The standard InChI is InChI=1S/C13H12N4O/c1-17-8-14-13(18-2)10-12(17)16-11(15-10)9-6-4-3-5-7-9/h3-8H,1-2H3. The number of imidazole rings is 1. The predicted octanol–water partition coefficient (Wildman–Crippen LogP) is 1.99. The molecule has 0 radical (unpaired) electrons. The van der Waals surface area contributed by atoms with Crippen LogP contribution in [0.25, 0.3) is 22.9 Å². The Hall–Kier alpha value is -2.43. The van der Waals surface area contributed by atoms with Crippen LogP contribution in [-0.2, 0) is 7.05 Å². The molecule has 5 nitrogen and oxygen atoms in total. The van der Waals surface area contributed by atoms with Crippen LogP contribution < -0.4 is 4.74 Å². The van der Waals surface area contributed by atoms with Crippen molar-refractivity contribution >= 4 is 0 Å². The molecule has 90 valence electrons. The molecule has 0 aromatic heterocycles. The molecule has 1 aromatic carbocycles. The first-order valence-electron chi connectivity index (χ1n) is 5.58. The highest BCUT2D eigenvalue weighted by atomic mass is 16.5. The highest BCUT2D eigenvalue weighted by Gasteiger charge is 2.19. The number of rotatable bonds is 2. The highest BCUT2D eigenvalue weighted by molar-refractivity contribution is 5.67. The number of hydrogen-bond donors (Lipinski definition) is 0. The summed E-state index contributed by atoms with van der Waals surface area (Å²) < 4.78 is 7.04. The zero-order valence-electron chi connectivity index (χ0n) is 10.2. The average Bonchev–Trinajstić information content (AvgIpc) is 2.86. The molecule has 0 bridgehead atoms. The van der Waals surface area contributed by atoms with Crippen molar-refractivity contribution < 1.29 is 4.74 Å². The van der Waals surface area contributed by atoms with E-state index in [9.17, 15) is 0 Å². The van der Waals surface area contributed by atoms with Gasteiger partial charge >= 0.3 is 0 Å². The summed E-state index contributed by atoms with van der Waals surface area (Å²) in [5.41, 5.74) is 1.66. The Bertz CT molecular complexity index is 648. The van der Waals surface area contributed by atoms with Gasteiger partial charge in [0.15, 0.2) is 17.3 Å². The molecule has 2 heterocycles. The molecule has 0 aliphatic carbocycles. The minimum absolute atomic E-state index is 0.498. The second-order valence-corrected chi connectivity index (χ2v) is 3.95. The summed E-state index contributed by atoms with van der Waals surface area (Å²) in [6, 6.07) is 9.86. The Morgan fingerprint density at radius 1 is 1.11 bits per heavy atom. The minimum Gasteiger partial charge on any atom is -0.479 e. The third-order valence-electron chi connectivity index (χ3n) is 2.75. The van der Waals surface area contributed by atoms with Gasteiger partial charge < -0.3 is 9.30 Å². The van der Waals surface area contributed by atoms with Gasteiger partial charge in [0.05, 0.1) is 7.11 Å². The molecule has 0 saturated carbocycles. The first-order chi connectivity index (χ1) is 8.79. The van der Waals surface area contributed by atoms with Gasteiger partial charge in [-0.1, -0.05) is 30.3 Å². The molecule has 3 rings (SSSR count). The number of benzene rings is 1. The lowest BCUT2D eigenvalue weighted by atomic mass is 10.2. The summed E-state index contributed by atoms with van der Waals surface area (Å²) in [6.07, 6.45) is 1.67. The van der Waals surface area contributed by atoms with Gasteiger partial charge in [-0.25, -0.2) is 15.0 Å². The first kappa shape index (κ1) is 10.7. The molecular weight excluding hydrogens is 228 g/mol. The summed E-state index contributed by atoms with van der Waals surface area (Å²) in [5, 5.41) is 0. The Labute approximate surface area is 104 Å². The van der Waals surface area contributed by atoms with Gasteiger partial charge in [0, 0.05) is 12.6 Å². The van der Waals surface area contributed by atoms with Gasteiger partial charge in [0.25, 0.3) is 0 Å². The second kappa shape index (κ2) is 4.10. The summed E-state index contributed by atoms with van der Waals surface area (Å²) in [5.74, 6) is 1.95. The van der Waals surface area contributed by atoms with Gasteiger partial charge in [-0.05, 0) is 0 Å². The fraction of sp³-hybridized carbons (Fsp3) is 0.154. The third kappa shape index (κ3) is 1.60. The normalized spacial score (nSPS) is 10.8. The molecule has 0 unspecified atom stereocenters. The summed E-state index contributed by atoms with van der Waals surface area (Å²) in [7, 11) is 3.47. The molecule has 2 aliphatic heterocycles. The van der Waals surface area contributed by atoms with Crippen LogP contribution in [0, 0.1) is 0 Å². The highest BCUT2D eigenvalue weighted by Crippen LogP contribution is 2.29. The van der Waals surface area contributed by atoms with Crippen LogP contribution in [0.1, 0.15) is 0 Å². The Kier molecular flexibility index (Phi) is 2.44. The molecule has 0 atom stereocenters. The van der Waals surface area contributed by atoms with Crippen molar-refractivity contribution in [1.82, 2.24) is 19.5 Å². The summed E-state index contributed by atoms with van der Waals surface area (Å²) in [6.45, 7) is 0. The maximum absolute atomic E-state index is 5.20. The minimum atomic E-state index is 0.498. The number of hydrogen-bond acceptors (Lipinski definition) is 4. The van der Waals surface area contributed by atoms with Crippen molar-refractivity contribution in [1.29, 1.82) is 0 Å². The van der Waals surface area contributed by atoms with E-state index in [4.69, 9.17) is 4.74 Å². The molecule has 5 heteroatoms. The molecule has 18 heavy (non-hydrogen) atoms. The van der Waals surface area contributed by atoms with Crippen LogP contribution >= 0.6 is 0 Å². The lowest BCUT2D eigenvalue weighted by molar-refractivity contribution is 0.395. The number of fused-ring (bicyclic) bond motifs is 1. The number of aryl methyl sites for hydroxylation is 1. The Morgan fingerprint density at radius 3 is 2.61 bits per heavy atom. The summed E-state index contributed by atoms with van der Waals surface area (Å²) in [4.78, 5) is 13.2. The Balaban J connectivity index is 2.22. The van der Waals surface area contributed by atoms with Crippen molar-refractivity contribution in [3.8, 4) is 28.8 Å². The fourth-order valence-corrected chi connectivity index (χ4v) is 1.84. The molecule has 0 N–H and O–H groups in total. The SMILES string of the molecule is COc1ncn(C)c2nc(-c3ccccc3)nc1-2. The maximum atomic E-state index is 5.20. The second-order valence-electron chi connectivity index (χ2n) is 3.95. The van der Waals surface area contributed by atoms with Crippen LogP contribution in [-0.4, -0.2) is 26.6 Å². The average molecular weight is 240 g/mol. The van der Waals surface area contributed by atoms with Crippen molar-refractivity contribution in [3.63, 3.8) is 0 Å². The zero-order chi connectivity index (χ0) is 12.5. The van der Waals surface area contributed by atoms with E-state index in [-0.39, 0.29) is 0 Å². The summed E-state index contributed by atoms with van der Waals surface area (Å²) >= 11 is 0. The van der Waals surface area contributed by atoms with E-state index in [0.717, 1.165) is 11.4 Å². The third-order valence-corrected chi connectivity index (χ3v) is 2.75. The number of nitrogens with zero attached hydrogens (tertiary/aromatic N) is 4. The van der Waals surface area contributed by atoms with E-state index in [2.05, 4.69) is 15.0 Å². The first-order valence-corrected chi connectivity index (χ1v) is 5.58. The molecule has 2 aliphatic rings. The van der Waals surface area contributed by atoms with E-state index in [0.29, 0.717) is 17.4 Å². The zero-order valence-corrected chi connectivity index (χ0v) is 10.2. The molecule has 0 fully saturated rings. The maximum Gasteiger partial charge on any atom is 0.245 e. The van der Waals surface area contributed by atoms with Gasteiger partial charge in [-0.15, -0.1) is 0 Å². The van der Waals surface area contributed by atoms with Crippen molar-refractivity contribution in [2.45, 2.75) is 0 Å². The predicted molar refractivity (Wildman–Crippen MR) is 67.4 cm³/mol. The molecule has 0 spiro atoms. The topological polar surface area (TPSA) is 52.8 Å². The number of aromatic nitrogens is 4. The van der Waals surface area contributed by atoms with Crippen LogP contribution in [0.15, 0.2) is 36.7 Å². The van der Waals surface area contributed by atoms with Crippen LogP contribution in [0.3, 0.4) is 0 Å². The monoisotopic (exact) mass is 240 g/mol. The quantitative estimate of drug-likeness (QED) is 0.687. The van der Waals surface area contributed by atoms with Gasteiger partial charge in [-0.3, -0.25) is 0 Å². The Morgan fingerprint density at radius 2 is 1.89 bits per heavy atom. The fourth-order valence-electron chi connectivity index (χ4n) is 1.84. The van der Waals surface area contributed by atoms with Crippen LogP contribution in [0.4, 0.5) is 0 Å². The van der Waals surface area contributed by atoms with E-state index in [1.807, 2.05) is 41.9 Å². The van der Waals surface area contributed by atoms with Gasteiger partial charge in [-0.2, -0.15) is 0 Å². The largest absolute Gasteiger partial charge is 0.479 e. The van der Waals surface area contributed by atoms with Crippen molar-refractivity contribution in [2.24, 2.45) is 7.05 Å². The molecule has 0 amide bonds. The van der Waals surface area contributed by atoms with Crippen molar-refractivity contribution in [3.05, 3.63) is 36.7 Å². The lowest BCUT2D eigenvalue weighted by Crippen LogP contribution is -2.02. The lowest BCUT2D eigenvalue weighted by Gasteiger charge is -2.06. The van der Waals surface area contributed by atoms with E-state index in [1.165, 1.54) is 0 Å². The van der Waals surface area contributed by atoms with E-state index in [1.54, 1.807) is 13.4 Å². The van der Waals surface area contributed by atoms with E-state index < -0.39 is 0 Å². The molecule has 0 saturated heterocycles. The van der Waals surface area contributed by atoms with Gasteiger partial charge in [0.2, 0.25) is 5.88 Å².